The van der Waals surface area contributed by atoms with Gasteiger partial charge in [0.15, 0.2) is 0 Å². The van der Waals surface area contributed by atoms with Crippen LogP contribution in [0.15, 0.2) is 30.5 Å². The lowest BCUT2D eigenvalue weighted by molar-refractivity contribution is 0.587. The van der Waals surface area contributed by atoms with Crippen LogP contribution in [0.2, 0.25) is 0 Å². The summed E-state index contributed by atoms with van der Waals surface area (Å²) in [6.07, 6.45) is 1.79. The zero-order chi connectivity index (χ0) is 15.3. The highest BCUT2D eigenvalue weighted by Gasteiger charge is 2.11. The fraction of sp³-hybridized carbons (Fsp3) is 0.357. The highest BCUT2D eigenvalue weighted by molar-refractivity contribution is 7.88. The summed E-state index contributed by atoms with van der Waals surface area (Å²) in [6.45, 7) is 3.27. The summed E-state index contributed by atoms with van der Waals surface area (Å²) < 4.78 is 25.7. The van der Waals surface area contributed by atoms with Crippen LogP contribution in [0.25, 0.3) is 0 Å². The van der Waals surface area contributed by atoms with Crippen molar-refractivity contribution in [2.24, 2.45) is 0 Å². The van der Waals surface area contributed by atoms with Crippen LogP contribution in [0.4, 0.5) is 0 Å². The van der Waals surface area contributed by atoms with Gasteiger partial charge < -0.3 is 5.32 Å². The maximum Gasteiger partial charge on any atom is 0.215 e. The van der Waals surface area contributed by atoms with Gasteiger partial charge in [0.1, 0.15) is 0 Å². The van der Waals surface area contributed by atoms with Gasteiger partial charge in [-0.3, -0.25) is 5.10 Å². The Morgan fingerprint density at radius 1 is 1.14 bits per heavy atom. The van der Waals surface area contributed by atoms with Crippen LogP contribution < -0.4 is 10.0 Å². The van der Waals surface area contributed by atoms with Crippen LogP contribution in [-0.2, 0) is 28.9 Å². The van der Waals surface area contributed by atoms with Crippen LogP contribution in [0, 0.1) is 6.92 Å². The van der Waals surface area contributed by atoms with Gasteiger partial charge in [-0.1, -0.05) is 24.3 Å². The van der Waals surface area contributed by atoms with Gasteiger partial charge in [-0.15, -0.1) is 12.4 Å². The van der Waals surface area contributed by atoms with Crippen LogP contribution in [0.5, 0.6) is 0 Å². The molecule has 2 rings (SSSR count). The molecule has 0 fully saturated rings. The van der Waals surface area contributed by atoms with E-state index in [0.717, 1.165) is 22.4 Å². The molecule has 0 bridgehead atoms. The van der Waals surface area contributed by atoms with Crippen molar-refractivity contribution in [2.75, 3.05) is 7.05 Å². The summed E-state index contributed by atoms with van der Waals surface area (Å²) in [5.74, 6) is -0.00785. The summed E-state index contributed by atoms with van der Waals surface area (Å²) in [5, 5.41) is 10.2. The smallest absolute Gasteiger partial charge is 0.215 e. The summed E-state index contributed by atoms with van der Waals surface area (Å²) in [5.41, 5.74) is 3.93. The van der Waals surface area contributed by atoms with E-state index in [4.69, 9.17) is 0 Å². The molecule has 0 aliphatic rings. The molecule has 1 aromatic heterocycles. The predicted molar refractivity (Wildman–Crippen MR) is 89.2 cm³/mol. The number of hydrogen-bond acceptors (Lipinski definition) is 4. The third-order valence-corrected chi connectivity index (χ3v) is 4.65. The van der Waals surface area contributed by atoms with Gasteiger partial charge >= 0.3 is 0 Å². The Labute approximate surface area is 137 Å². The van der Waals surface area contributed by atoms with Crippen LogP contribution in [-0.4, -0.2) is 25.7 Å². The Morgan fingerprint density at radius 3 is 2.36 bits per heavy atom. The first kappa shape index (κ1) is 18.6. The normalized spacial score (nSPS) is 11.2. The largest absolute Gasteiger partial charge is 0.308 e. The molecule has 0 saturated carbocycles. The summed E-state index contributed by atoms with van der Waals surface area (Å²) in [6, 6.07) is 7.55. The Bertz CT molecular complexity index is 700. The van der Waals surface area contributed by atoms with Crippen molar-refractivity contribution in [1.29, 1.82) is 0 Å². The van der Waals surface area contributed by atoms with E-state index in [1.165, 1.54) is 7.05 Å². The molecule has 0 spiro atoms. The number of nitrogens with zero attached hydrogens (tertiary/aromatic N) is 1. The van der Waals surface area contributed by atoms with Gasteiger partial charge in [0.05, 0.1) is 11.9 Å². The van der Waals surface area contributed by atoms with Crippen molar-refractivity contribution >= 4 is 22.4 Å². The third-order valence-electron chi connectivity index (χ3n) is 3.34. The number of nitrogens with one attached hydrogen (secondary N) is 3. The maximum atomic E-state index is 11.7. The first-order chi connectivity index (χ1) is 10.0. The Kier molecular flexibility index (Phi) is 7.02. The zero-order valence-electron chi connectivity index (χ0n) is 12.6. The van der Waals surface area contributed by atoms with E-state index in [1.54, 1.807) is 6.20 Å². The number of aromatic nitrogens is 2. The summed E-state index contributed by atoms with van der Waals surface area (Å²) in [4.78, 5) is 0. The van der Waals surface area contributed by atoms with Crippen molar-refractivity contribution in [2.45, 2.75) is 25.8 Å². The molecule has 0 aliphatic carbocycles. The van der Waals surface area contributed by atoms with Gasteiger partial charge in [-0.05, 0) is 25.1 Å². The van der Waals surface area contributed by atoms with Crippen LogP contribution in [0.1, 0.15) is 22.4 Å². The molecule has 2 aromatic rings. The van der Waals surface area contributed by atoms with E-state index in [2.05, 4.69) is 20.2 Å². The second-order valence-electron chi connectivity index (χ2n) is 4.86. The van der Waals surface area contributed by atoms with Crippen molar-refractivity contribution in [3.63, 3.8) is 0 Å². The van der Waals surface area contributed by atoms with E-state index >= 15 is 0 Å². The monoisotopic (exact) mass is 344 g/mol. The van der Waals surface area contributed by atoms with Gasteiger partial charge in [-0.2, -0.15) is 5.10 Å². The fourth-order valence-corrected chi connectivity index (χ4v) is 2.87. The molecule has 0 unspecified atom stereocenters. The molecular weight excluding hydrogens is 324 g/mol. The fourth-order valence-electron chi connectivity index (χ4n) is 2.03. The molecule has 0 saturated heterocycles. The molecule has 1 heterocycles. The SMILES string of the molecule is CNS(=O)(=O)Cc1ccccc1CNCc1cn[nH]c1C.Cl. The molecule has 0 atom stereocenters. The second kappa shape index (κ2) is 8.28. The lowest BCUT2D eigenvalue weighted by atomic mass is 10.1. The minimum atomic E-state index is -3.26. The molecule has 0 radical (unpaired) electrons. The Morgan fingerprint density at radius 2 is 1.77 bits per heavy atom. The van der Waals surface area contributed by atoms with Crippen molar-refractivity contribution < 1.29 is 8.42 Å². The lowest BCUT2D eigenvalue weighted by Crippen LogP contribution is -2.22. The van der Waals surface area contributed by atoms with E-state index in [0.29, 0.717) is 13.1 Å². The van der Waals surface area contributed by atoms with Crippen LogP contribution in [0.3, 0.4) is 0 Å². The quantitative estimate of drug-likeness (QED) is 0.710. The number of aromatic amines is 1. The molecule has 22 heavy (non-hydrogen) atoms. The van der Waals surface area contributed by atoms with Gasteiger partial charge in [0, 0.05) is 24.3 Å². The third kappa shape index (κ3) is 5.10. The second-order valence-corrected chi connectivity index (χ2v) is 6.78. The molecule has 0 amide bonds. The van der Waals surface area contributed by atoms with Crippen LogP contribution >= 0.6 is 12.4 Å². The number of benzene rings is 1. The molecule has 0 aliphatic heterocycles. The maximum absolute atomic E-state index is 11.7. The molecule has 8 heteroatoms. The van der Waals surface area contributed by atoms with E-state index < -0.39 is 10.0 Å². The first-order valence-electron chi connectivity index (χ1n) is 6.69. The zero-order valence-corrected chi connectivity index (χ0v) is 14.2. The minimum Gasteiger partial charge on any atom is -0.308 e. The lowest BCUT2D eigenvalue weighted by Gasteiger charge is -2.10. The van der Waals surface area contributed by atoms with Crippen molar-refractivity contribution in [3.8, 4) is 0 Å². The van der Waals surface area contributed by atoms with Gasteiger partial charge in [0.2, 0.25) is 10.0 Å². The van der Waals surface area contributed by atoms with E-state index in [9.17, 15) is 8.42 Å². The van der Waals surface area contributed by atoms with E-state index in [-0.39, 0.29) is 18.2 Å². The highest BCUT2D eigenvalue weighted by Crippen LogP contribution is 2.12. The first-order valence-corrected chi connectivity index (χ1v) is 8.34. The molecular formula is C14H21ClN4O2S. The average Bonchev–Trinajstić information content (AvgIpc) is 2.86. The number of aryl methyl sites for hydroxylation is 1. The standard InChI is InChI=1S/C14H20N4O2S.ClH/c1-11-14(9-17-18-11)8-16-7-12-5-3-4-6-13(12)10-21(19,20)15-2;/h3-6,9,15-16H,7-8,10H2,1-2H3,(H,17,18);1H. The van der Waals surface area contributed by atoms with Crippen molar-refractivity contribution in [1.82, 2.24) is 20.2 Å². The Balaban J connectivity index is 0.00000242. The molecule has 3 N–H and O–H groups in total. The van der Waals surface area contributed by atoms with Gasteiger partial charge in [0.25, 0.3) is 0 Å². The number of sulfonamides is 1. The number of H-pyrrole nitrogens is 1. The number of halogens is 1. The molecule has 122 valence electrons. The molecule has 1 aromatic carbocycles. The molecule has 6 nitrogen and oxygen atoms in total. The minimum absolute atomic E-state index is 0. The van der Waals surface area contributed by atoms with Gasteiger partial charge in [-0.25, -0.2) is 13.1 Å². The highest BCUT2D eigenvalue weighted by atomic mass is 35.5. The number of hydrogen-bond donors (Lipinski definition) is 3. The summed E-state index contributed by atoms with van der Waals surface area (Å²) >= 11 is 0. The van der Waals surface area contributed by atoms with E-state index in [1.807, 2.05) is 31.2 Å². The Hall–Kier alpha value is -1.41. The topological polar surface area (TPSA) is 86.9 Å². The van der Waals surface area contributed by atoms with Crippen molar-refractivity contribution in [3.05, 3.63) is 52.8 Å². The predicted octanol–water partition coefficient (Wildman–Crippen LogP) is 1.48. The number of rotatable bonds is 7. The summed E-state index contributed by atoms with van der Waals surface area (Å²) in [7, 11) is -1.83. The average molecular weight is 345 g/mol.